The molecule has 0 unspecified atom stereocenters. The van der Waals surface area contributed by atoms with Crippen molar-refractivity contribution in [2.75, 3.05) is 14.2 Å². The van der Waals surface area contributed by atoms with Crippen LogP contribution in [0.15, 0.2) is 36.4 Å². The van der Waals surface area contributed by atoms with Crippen LogP contribution in [-0.4, -0.2) is 21.9 Å². The first kappa shape index (κ1) is 20.6. The van der Waals surface area contributed by atoms with E-state index >= 15 is 0 Å². The second kappa shape index (κ2) is 7.89. The fourth-order valence-electron chi connectivity index (χ4n) is 1.98. The van der Waals surface area contributed by atoms with E-state index in [1.54, 1.807) is 0 Å². The zero-order valence-corrected chi connectivity index (χ0v) is 13.9. The number of alkyl halides is 6. The van der Waals surface area contributed by atoms with Crippen LogP contribution in [-0.2, 0) is 12.4 Å². The molecule has 145 valence electrons. The number of methoxy groups -OCH3 is 2. The quantitative estimate of drug-likeness (QED) is 0.525. The van der Waals surface area contributed by atoms with Gasteiger partial charge in [0.1, 0.15) is 23.0 Å². The Labute approximate surface area is 150 Å². The van der Waals surface area contributed by atoms with Crippen LogP contribution in [0.1, 0.15) is 11.1 Å². The van der Waals surface area contributed by atoms with E-state index in [0.29, 0.717) is 19.8 Å². The van der Waals surface area contributed by atoms with Crippen LogP contribution in [0.3, 0.4) is 0 Å². The van der Waals surface area contributed by atoms with Gasteiger partial charge in [0.2, 0.25) is 0 Å². The molecule has 11 heteroatoms. The minimum Gasteiger partial charge on any atom is -0.526 e. The van der Waals surface area contributed by atoms with Crippen LogP contribution in [0.2, 0.25) is 0 Å². The summed E-state index contributed by atoms with van der Waals surface area (Å²) in [6.45, 7) is 0. The van der Waals surface area contributed by atoms with E-state index in [1.807, 2.05) is 0 Å². The Balaban J connectivity index is 2.15. The Bertz CT molecular complexity index is 726. The Kier molecular flexibility index (Phi) is 6.02. The van der Waals surface area contributed by atoms with Crippen molar-refractivity contribution in [1.82, 2.24) is 0 Å². The lowest BCUT2D eigenvalue weighted by Gasteiger charge is -2.14. The van der Waals surface area contributed by atoms with Crippen molar-refractivity contribution in [1.29, 1.82) is 0 Å². The van der Waals surface area contributed by atoms with E-state index in [2.05, 4.69) is 0 Å². The second-order valence-corrected chi connectivity index (χ2v) is 5.12. The molecule has 0 atom stereocenters. The molecule has 4 nitrogen and oxygen atoms in total. The normalized spacial score (nSPS) is 11.7. The van der Waals surface area contributed by atoms with Gasteiger partial charge >= 0.3 is 20.0 Å². The molecule has 0 fully saturated rings. The lowest BCUT2D eigenvalue weighted by Crippen LogP contribution is -2.13. The average molecular weight is 393 g/mol. The van der Waals surface area contributed by atoms with Crippen LogP contribution in [0.4, 0.5) is 26.3 Å². The summed E-state index contributed by atoms with van der Waals surface area (Å²) in [5, 5.41) is 0. The van der Waals surface area contributed by atoms with E-state index in [1.165, 1.54) is 14.2 Å². The zero-order valence-electron chi connectivity index (χ0n) is 13.9. The van der Waals surface area contributed by atoms with Gasteiger partial charge in [-0.25, -0.2) is 0 Å². The van der Waals surface area contributed by atoms with Gasteiger partial charge in [0, 0.05) is 12.1 Å². The summed E-state index contributed by atoms with van der Waals surface area (Å²) >= 11 is 0. The van der Waals surface area contributed by atoms with Crippen LogP contribution in [0.5, 0.6) is 23.0 Å². The van der Waals surface area contributed by atoms with Crippen molar-refractivity contribution < 1.29 is 45.1 Å². The maximum Gasteiger partial charge on any atom is 0.658 e. The molecule has 0 saturated carbocycles. The molecule has 2 aromatic rings. The van der Waals surface area contributed by atoms with E-state index in [9.17, 15) is 26.3 Å². The van der Waals surface area contributed by atoms with E-state index in [4.69, 9.17) is 18.8 Å². The largest absolute Gasteiger partial charge is 0.658 e. The molecule has 0 bridgehead atoms. The minimum atomic E-state index is -4.64. The van der Waals surface area contributed by atoms with Gasteiger partial charge < -0.3 is 18.8 Å². The van der Waals surface area contributed by atoms with Crippen LogP contribution in [0.25, 0.3) is 0 Å². The Morgan fingerprint density at radius 2 is 0.926 bits per heavy atom. The van der Waals surface area contributed by atoms with Crippen molar-refractivity contribution >= 4 is 7.69 Å². The highest BCUT2D eigenvalue weighted by Crippen LogP contribution is 2.36. The standard InChI is InChI=1S/C16H12BF6O4/c1-24-11-3-9(15(18,19)20)5-13(7-11)26-17-27-14-6-10(16(21,22)23)4-12(8-14)25-2/h3-8H,1-2H3. The van der Waals surface area contributed by atoms with Crippen LogP contribution >= 0.6 is 0 Å². The molecule has 0 aliphatic rings. The maximum absolute atomic E-state index is 12.8. The highest BCUT2D eigenvalue weighted by atomic mass is 19.4. The number of rotatable bonds is 6. The average Bonchev–Trinajstić information content (AvgIpc) is 2.59. The number of benzene rings is 2. The zero-order chi connectivity index (χ0) is 20.2. The monoisotopic (exact) mass is 393 g/mol. The van der Waals surface area contributed by atoms with E-state index in [0.717, 1.165) is 24.3 Å². The number of halogens is 6. The lowest BCUT2D eigenvalue weighted by molar-refractivity contribution is -0.138. The molecule has 0 aliphatic carbocycles. The van der Waals surface area contributed by atoms with Crippen molar-refractivity contribution in [2.24, 2.45) is 0 Å². The molecule has 27 heavy (non-hydrogen) atoms. The summed E-state index contributed by atoms with van der Waals surface area (Å²) in [6.07, 6.45) is -9.27. The lowest BCUT2D eigenvalue weighted by atomic mass is 10.1. The number of hydrogen-bond donors (Lipinski definition) is 0. The third kappa shape index (κ3) is 5.63. The molecular weight excluding hydrogens is 381 g/mol. The van der Waals surface area contributed by atoms with Crippen LogP contribution < -0.4 is 18.8 Å². The maximum atomic E-state index is 12.8. The predicted molar refractivity (Wildman–Crippen MR) is 83.0 cm³/mol. The molecular formula is C16H12BF6O4. The highest BCUT2D eigenvalue weighted by molar-refractivity contribution is 6.20. The topological polar surface area (TPSA) is 36.9 Å². The molecule has 0 amide bonds. The van der Waals surface area contributed by atoms with Gasteiger partial charge in [-0.2, -0.15) is 26.3 Å². The van der Waals surface area contributed by atoms with E-state index in [-0.39, 0.29) is 23.0 Å². The minimum absolute atomic E-state index is 0.117. The molecule has 0 aliphatic heterocycles. The van der Waals surface area contributed by atoms with Gasteiger partial charge in [-0.1, -0.05) is 0 Å². The summed E-state index contributed by atoms with van der Waals surface area (Å²) in [6, 6.07) is 5.23. The van der Waals surface area contributed by atoms with Crippen molar-refractivity contribution in [2.45, 2.75) is 12.4 Å². The molecule has 2 aromatic carbocycles. The first-order chi connectivity index (χ1) is 12.5. The fourth-order valence-corrected chi connectivity index (χ4v) is 1.98. The van der Waals surface area contributed by atoms with Crippen LogP contribution in [0, 0.1) is 0 Å². The Hall–Kier alpha value is -2.72. The summed E-state index contributed by atoms with van der Waals surface area (Å²) in [7, 11) is 2.95. The van der Waals surface area contributed by atoms with Gasteiger partial charge in [-0.05, 0) is 24.3 Å². The predicted octanol–water partition coefficient (Wildman–Crippen LogP) is 4.73. The third-order valence-electron chi connectivity index (χ3n) is 3.25. The summed E-state index contributed by atoms with van der Waals surface area (Å²) in [5.74, 6) is -0.788. The van der Waals surface area contributed by atoms with Gasteiger partial charge in [-0.15, -0.1) is 0 Å². The molecule has 2 rings (SSSR count). The molecule has 0 N–H and O–H groups in total. The Morgan fingerprint density at radius 3 is 1.22 bits per heavy atom. The molecule has 0 heterocycles. The number of ether oxygens (including phenoxy) is 2. The van der Waals surface area contributed by atoms with E-state index < -0.39 is 23.5 Å². The third-order valence-corrected chi connectivity index (χ3v) is 3.25. The van der Waals surface area contributed by atoms with Gasteiger partial charge in [0.15, 0.2) is 0 Å². The van der Waals surface area contributed by atoms with Gasteiger partial charge in [-0.3, -0.25) is 0 Å². The smallest absolute Gasteiger partial charge is 0.526 e. The van der Waals surface area contributed by atoms with Crippen molar-refractivity contribution in [3.8, 4) is 23.0 Å². The number of hydrogen-bond acceptors (Lipinski definition) is 4. The Morgan fingerprint density at radius 1 is 0.593 bits per heavy atom. The summed E-state index contributed by atoms with van der Waals surface area (Å²) < 4.78 is 96.4. The molecule has 1 radical (unpaired) electrons. The first-order valence-corrected chi connectivity index (χ1v) is 7.20. The van der Waals surface area contributed by atoms with Gasteiger partial charge in [0.05, 0.1) is 25.3 Å². The molecule has 0 spiro atoms. The van der Waals surface area contributed by atoms with Crippen molar-refractivity contribution in [3.63, 3.8) is 0 Å². The summed E-state index contributed by atoms with van der Waals surface area (Å²) in [4.78, 5) is 0. The van der Waals surface area contributed by atoms with Gasteiger partial charge in [0.25, 0.3) is 0 Å². The second-order valence-electron chi connectivity index (χ2n) is 5.12. The SMILES string of the molecule is COc1cc(O[B]Oc2cc(OC)cc(C(F)(F)F)c2)cc(C(F)(F)F)c1. The molecule has 0 saturated heterocycles. The first-order valence-electron chi connectivity index (χ1n) is 7.20. The molecule has 0 aromatic heterocycles. The summed E-state index contributed by atoms with van der Waals surface area (Å²) in [5.41, 5.74) is -2.04. The fraction of sp³-hybridized carbons (Fsp3) is 0.250. The highest BCUT2D eigenvalue weighted by Gasteiger charge is 2.32. The van der Waals surface area contributed by atoms with Crippen molar-refractivity contribution in [3.05, 3.63) is 47.5 Å².